The number of halogens is 1. The summed E-state index contributed by atoms with van der Waals surface area (Å²) in [6, 6.07) is 6.72. The van der Waals surface area contributed by atoms with Crippen molar-refractivity contribution in [2.24, 2.45) is 10.9 Å². The topological polar surface area (TPSA) is 78.4 Å². The van der Waals surface area contributed by atoms with Crippen molar-refractivity contribution in [1.82, 2.24) is 15.5 Å². The predicted octanol–water partition coefficient (Wildman–Crippen LogP) is 2.47. The zero-order chi connectivity index (χ0) is 20.5. The summed E-state index contributed by atoms with van der Waals surface area (Å²) in [6.07, 6.45) is 0. The lowest BCUT2D eigenvalue weighted by Crippen LogP contribution is -2.46. The second-order valence-corrected chi connectivity index (χ2v) is 7.53. The lowest BCUT2D eigenvalue weighted by atomic mass is 10.1. The third kappa shape index (κ3) is 7.82. The van der Waals surface area contributed by atoms with E-state index in [1.54, 1.807) is 7.11 Å². The first-order chi connectivity index (χ1) is 13.5. The van der Waals surface area contributed by atoms with Gasteiger partial charge in [-0.05, 0) is 44.4 Å². The Hall–Kier alpha value is -1.26. The number of benzene rings is 1. The molecule has 0 saturated carbocycles. The number of nitrogens with zero attached hydrogens (tertiary/aromatic N) is 2. The van der Waals surface area contributed by atoms with Crippen molar-refractivity contribution in [3.63, 3.8) is 0 Å². The monoisotopic (exact) mass is 520 g/mol. The smallest absolute Gasteiger partial charge is 0.191 e. The SMILES string of the molecule is CCNC(=NCc1ccc(OCCO)c(OC)c1)NC1CN(C(C)C)CC1C.I. The molecule has 2 unspecified atom stereocenters. The molecule has 0 bridgehead atoms. The van der Waals surface area contributed by atoms with Gasteiger partial charge in [-0.1, -0.05) is 13.0 Å². The minimum atomic E-state index is -0.0270. The van der Waals surface area contributed by atoms with Gasteiger partial charge in [-0.15, -0.1) is 24.0 Å². The first-order valence-electron chi connectivity index (χ1n) is 10.2. The molecule has 2 atom stereocenters. The standard InChI is InChI=1S/C21H36N4O3.HI/c1-6-22-21(24-18-14-25(15(2)3)13-16(18)4)23-12-17-7-8-19(28-10-9-26)20(11-17)27-5;/h7-8,11,15-16,18,26H,6,9-10,12-14H2,1-5H3,(H2,22,23,24);1H. The molecule has 29 heavy (non-hydrogen) atoms. The molecule has 1 fully saturated rings. The average molecular weight is 520 g/mol. The quantitative estimate of drug-likeness (QED) is 0.264. The molecule has 1 saturated heterocycles. The highest BCUT2D eigenvalue weighted by molar-refractivity contribution is 14.0. The number of nitrogens with one attached hydrogen (secondary N) is 2. The van der Waals surface area contributed by atoms with Gasteiger partial charge in [0.05, 0.1) is 20.3 Å². The minimum absolute atomic E-state index is 0. The zero-order valence-corrected chi connectivity index (χ0v) is 20.6. The summed E-state index contributed by atoms with van der Waals surface area (Å²) >= 11 is 0. The number of hydrogen-bond donors (Lipinski definition) is 3. The van der Waals surface area contributed by atoms with Gasteiger partial charge in [0.1, 0.15) is 6.61 Å². The van der Waals surface area contributed by atoms with Crippen LogP contribution in [0.1, 0.15) is 33.3 Å². The van der Waals surface area contributed by atoms with Crippen molar-refractivity contribution in [1.29, 1.82) is 0 Å². The fourth-order valence-electron chi connectivity index (χ4n) is 3.36. The highest BCUT2D eigenvalue weighted by atomic mass is 127. The van der Waals surface area contributed by atoms with Crippen LogP contribution in [0.5, 0.6) is 11.5 Å². The van der Waals surface area contributed by atoms with Crippen LogP contribution in [0.15, 0.2) is 23.2 Å². The van der Waals surface area contributed by atoms with Gasteiger partial charge in [0.25, 0.3) is 0 Å². The summed E-state index contributed by atoms with van der Waals surface area (Å²) in [5.74, 6) is 2.69. The highest BCUT2D eigenvalue weighted by Gasteiger charge is 2.31. The van der Waals surface area contributed by atoms with Crippen LogP contribution in [0.3, 0.4) is 0 Å². The van der Waals surface area contributed by atoms with Crippen molar-refractivity contribution < 1.29 is 14.6 Å². The molecule has 7 nitrogen and oxygen atoms in total. The van der Waals surface area contributed by atoms with Crippen LogP contribution < -0.4 is 20.1 Å². The summed E-state index contributed by atoms with van der Waals surface area (Å²) in [5.41, 5.74) is 1.04. The third-order valence-corrected chi connectivity index (χ3v) is 5.03. The Kier molecular flexibility index (Phi) is 11.7. The molecule has 0 radical (unpaired) electrons. The van der Waals surface area contributed by atoms with Gasteiger partial charge in [-0.3, -0.25) is 4.90 Å². The van der Waals surface area contributed by atoms with Crippen molar-refractivity contribution >= 4 is 29.9 Å². The molecule has 3 N–H and O–H groups in total. The molecule has 1 aliphatic rings. The number of aliphatic imine (C=N–C) groups is 1. The van der Waals surface area contributed by atoms with E-state index in [-0.39, 0.29) is 37.2 Å². The van der Waals surface area contributed by atoms with Crippen molar-refractivity contribution in [3.8, 4) is 11.5 Å². The van der Waals surface area contributed by atoms with Crippen molar-refractivity contribution in [2.45, 2.75) is 46.3 Å². The number of ether oxygens (including phenoxy) is 2. The Morgan fingerprint density at radius 3 is 2.66 bits per heavy atom. The Labute approximate surface area is 192 Å². The van der Waals surface area contributed by atoms with Gasteiger partial charge in [0.15, 0.2) is 17.5 Å². The van der Waals surface area contributed by atoms with E-state index in [0.29, 0.717) is 36.0 Å². The lowest BCUT2D eigenvalue weighted by Gasteiger charge is -2.22. The molecule has 0 aliphatic carbocycles. The van der Waals surface area contributed by atoms with E-state index >= 15 is 0 Å². The number of guanidine groups is 1. The van der Waals surface area contributed by atoms with Gasteiger partial charge in [-0.2, -0.15) is 0 Å². The third-order valence-electron chi connectivity index (χ3n) is 5.03. The van der Waals surface area contributed by atoms with Crippen LogP contribution in [0.25, 0.3) is 0 Å². The van der Waals surface area contributed by atoms with E-state index in [9.17, 15) is 0 Å². The van der Waals surface area contributed by atoms with Crippen molar-refractivity contribution in [2.75, 3.05) is 40.0 Å². The van der Waals surface area contributed by atoms with Gasteiger partial charge < -0.3 is 25.2 Å². The number of hydrogen-bond acceptors (Lipinski definition) is 5. The Balaban J connectivity index is 0.00000420. The molecule has 0 amide bonds. The van der Waals surface area contributed by atoms with E-state index in [4.69, 9.17) is 19.6 Å². The fourth-order valence-corrected chi connectivity index (χ4v) is 3.36. The van der Waals surface area contributed by atoms with E-state index in [0.717, 1.165) is 31.2 Å². The Bertz CT molecular complexity index is 642. The maximum atomic E-state index is 8.92. The molecular weight excluding hydrogens is 483 g/mol. The number of likely N-dealkylation sites (tertiary alicyclic amines) is 1. The predicted molar refractivity (Wildman–Crippen MR) is 129 cm³/mol. The molecule has 2 rings (SSSR count). The molecule has 8 heteroatoms. The van der Waals surface area contributed by atoms with Crippen LogP contribution in [0, 0.1) is 5.92 Å². The van der Waals surface area contributed by atoms with Crippen LogP contribution >= 0.6 is 24.0 Å². The second kappa shape index (κ2) is 13.1. The van der Waals surface area contributed by atoms with E-state index in [1.807, 2.05) is 18.2 Å². The summed E-state index contributed by atoms with van der Waals surface area (Å²) < 4.78 is 10.9. The van der Waals surface area contributed by atoms with Crippen LogP contribution in [0.2, 0.25) is 0 Å². The zero-order valence-electron chi connectivity index (χ0n) is 18.3. The average Bonchev–Trinajstić information content (AvgIpc) is 3.05. The first-order valence-corrected chi connectivity index (χ1v) is 10.2. The molecule has 1 aliphatic heterocycles. The maximum Gasteiger partial charge on any atom is 0.191 e. The second-order valence-electron chi connectivity index (χ2n) is 7.53. The number of rotatable bonds is 9. The van der Waals surface area contributed by atoms with Gasteiger partial charge in [0, 0.05) is 31.7 Å². The van der Waals surface area contributed by atoms with Gasteiger partial charge in [-0.25, -0.2) is 4.99 Å². The largest absolute Gasteiger partial charge is 0.493 e. The summed E-state index contributed by atoms with van der Waals surface area (Å²) in [4.78, 5) is 7.26. The summed E-state index contributed by atoms with van der Waals surface area (Å²) in [6.45, 7) is 12.6. The van der Waals surface area contributed by atoms with E-state index < -0.39 is 0 Å². The molecule has 0 aromatic heterocycles. The fraction of sp³-hybridized carbons (Fsp3) is 0.667. The van der Waals surface area contributed by atoms with Gasteiger partial charge in [0.2, 0.25) is 0 Å². The number of aliphatic hydroxyl groups excluding tert-OH is 1. The highest BCUT2D eigenvalue weighted by Crippen LogP contribution is 2.28. The summed E-state index contributed by atoms with van der Waals surface area (Å²) in [5, 5.41) is 15.9. The molecular formula is C21H37IN4O3. The first kappa shape index (κ1) is 25.8. The van der Waals surface area contributed by atoms with Crippen molar-refractivity contribution in [3.05, 3.63) is 23.8 Å². The van der Waals surface area contributed by atoms with E-state index in [2.05, 4.69) is 43.2 Å². The Morgan fingerprint density at radius 2 is 2.07 bits per heavy atom. The maximum absolute atomic E-state index is 8.92. The molecule has 0 spiro atoms. The van der Waals surface area contributed by atoms with E-state index in [1.165, 1.54) is 0 Å². The van der Waals surface area contributed by atoms with Crippen LogP contribution in [-0.4, -0.2) is 68.0 Å². The van der Waals surface area contributed by atoms with Crippen LogP contribution in [0.4, 0.5) is 0 Å². The normalized spacial score (nSPS) is 19.8. The number of methoxy groups -OCH3 is 1. The lowest BCUT2D eigenvalue weighted by molar-refractivity contribution is 0.196. The summed E-state index contributed by atoms with van der Waals surface area (Å²) in [7, 11) is 1.61. The molecule has 1 aromatic carbocycles. The molecule has 166 valence electrons. The Morgan fingerprint density at radius 1 is 1.31 bits per heavy atom. The number of aliphatic hydroxyl groups is 1. The van der Waals surface area contributed by atoms with Gasteiger partial charge >= 0.3 is 0 Å². The van der Waals surface area contributed by atoms with Crippen LogP contribution in [-0.2, 0) is 6.54 Å². The molecule has 1 aromatic rings. The molecule has 1 heterocycles. The minimum Gasteiger partial charge on any atom is -0.493 e.